The maximum Gasteiger partial charge on any atom is 0.270 e. The summed E-state index contributed by atoms with van der Waals surface area (Å²) in [7, 11) is 0. The van der Waals surface area contributed by atoms with Crippen LogP contribution in [0.25, 0.3) is 38.0 Å². The molecule has 0 saturated heterocycles. The highest BCUT2D eigenvalue weighted by Crippen LogP contribution is 2.35. The summed E-state index contributed by atoms with van der Waals surface area (Å²) in [6, 6.07) is 18.0. The number of nitrogens with zero attached hydrogens (tertiary/aromatic N) is 2. The minimum Gasteiger partial charge on any atom is -0.275 e. The number of nitro groups is 1. The third-order valence-electron chi connectivity index (χ3n) is 4.63. The zero-order chi connectivity index (χ0) is 16.4. The number of pyridine rings is 1. The van der Waals surface area contributed by atoms with Crippen LogP contribution in [0.1, 0.15) is 0 Å². The van der Waals surface area contributed by atoms with Crippen LogP contribution in [0.5, 0.6) is 0 Å². The van der Waals surface area contributed by atoms with Crippen molar-refractivity contribution in [2.45, 2.75) is 0 Å². The van der Waals surface area contributed by atoms with Crippen molar-refractivity contribution in [3.63, 3.8) is 0 Å². The van der Waals surface area contributed by atoms with Crippen LogP contribution in [0.3, 0.4) is 0 Å². The van der Waals surface area contributed by atoms with E-state index in [0.29, 0.717) is 10.9 Å². The summed E-state index contributed by atoms with van der Waals surface area (Å²) in [5.41, 5.74) is 1.44. The van der Waals surface area contributed by atoms with Crippen LogP contribution in [-0.4, -0.2) is 9.32 Å². The fourth-order valence-corrected chi connectivity index (χ4v) is 3.62. The Kier molecular flexibility index (Phi) is 2.33. The van der Waals surface area contributed by atoms with Gasteiger partial charge in [-0.3, -0.25) is 19.3 Å². The maximum absolute atomic E-state index is 13.0. The van der Waals surface area contributed by atoms with Crippen LogP contribution in [-0.2, 0) is 0 Å². The number of nitro benzene ring substituents is 1. The lowest BCUT2D eigenvalue weighted by molar-refractivity contribution is -0.384. The molecule has 0 fully saturated rings. The maximum atomic E-state index is 13.0. The summed E-state index contributed by atoms with van der Waals surface area (Å²) in [6.07, 6.45) is 0. The second kappa shape index (κ2) is 4.29. The number of aromatic nitrogens is 1. The van der Waals surface area contributed by atoms with Gasteiger partial charge in [-0.2, -0.15) is 0 Å². The summed E-state index contributed by atoms with van der Waals surface area (Å²) in [5, 5.41) is 15.2. The van der Waals surface area contributed by atoms with Gasteiger partial charge in [-0.1, -0.05) is 36.4 Å². The van der Waals surface area contributed by atoms with E-state index in [1.54, 1.807) is 16.5 Å². The average molecular weight is 314 g/mol. The highest BCUT2D eigenvalue weighted by molar-refractivity contribution is 6.20. The fraction of sp³-hybridized carbons (Fsp3) is 0. The zero-order valence-corrected chi connectivity index (χ0v) is 12.4. The Morgan fingerprint density at radius 1 is 0.792 bits per heavy atom. The molecule has 2 heterocycles. The first-order valence-corrected chi connectivity index (χ1v) is 7.52. The highest BCUT2D eigenvalue weighted by Gasteiger charge is 2.18. The molecule has 0 unspecified atom stereocenters. The molecule has 114 valence electrons. The van der Waals surface area contributed by atoms with Gasteiger partial charge in [0, 0.05) is 33.7 Å². The minimum absolute atomic E-state index is 0.0242. The molecule has 0 amide bonds. The summed E-state index contributed by atoms with van der Waals surface area (Å²) >= 11 is 0. The van der Waals surface area contributed by atoms with Gasteiger partial charge in [-0.15, -0.1) is 0 Å². The van der Waals surface area contributed by atoms with Gasteiger partial charge < -0.3 is 0 Å². The van der Waals surface area contributed by atoms with E-state index in [-0.39, 0.29) is 11.2 Å². The number of rotatable bonds is 1. The normalized spacial score (nSPS) is 11.8. The molecule has 3 aromatic carbocycles. The molecule has 5 nitrogen and oxygen atoms in total. The van der Waals surface area contributed by atoms with Gasteiger partial charge in [-0.25, -0.2) is 0 Å². The summed E-state index contributed by atoms with van der Waals surface area (Å²) in [6.45, 7) is 0. The van der Waals surface area contributed by atoms with Crippen LogP contribution in [0, 0.1) is 10.1 Å². The number of non-ortho nitro benzene ring substituents is 1. The van der Waals surface area contributed by atoms with E-state index in [1.165, 1.54) is 6.07 Å². The van der Waals surface area contributed by atoms with Crippen molar-refractivity contribution in [2.75, 3.05) is 0 Å². The van der Waals surface area contributed by atoms with Crippen LogP contribution in [0.2, 0.25) is 0 Å². The number of hydrogen-bond donors (Lipinski definition) is 0. The van der Waals surface area contributed by atoms with Crippen molar-refractivity contribution >= 4 is 43.7 Å². The summed E-state index contributed by atoms with van der Waals surface area (Å²) < 4.78 is 1.67. The minimum atomic E-state index is -0.414. The third kappa shape index (κ3) is 1.46. The Morgan fingerprint density at radius 3 is 2.21 bits per heavy atom. The standard InChI is InChI=1S/C19H10N2O3/c22-19-15-5-2-1-4-12(15)13-6-3-7-14-16-10-11(21(23)24)8-9-17(16)20(19)18(13)14/h1-10H. The molecule has 0 N–H and O–H groups in total. The third-order valence-corrected chi connectivity index (χ3v) is 4.63. The molecule has 0 aliphatic rings. The molecule has 5 aromatic rings. The molecule has 0 spiro atoms. The van der Waals surface area contributed by atoms with Gasteiger partial charge in [0.1, 0.15) is 0 Å². The smallest absolute Gasteiger partial charge is 0.270 e. The summed E-state index contributed by atoms with van der Waals surface area (Å²) in [5.74, 6) is 0. The topological polar surface area (TPSA) is 64.6 Å². The number of fused-ring (bicyclic) bond motifs is 5. The molecule has 5 rings (SSSR count). The first-order chi connectivity index (χ1) is 11.7. The van der Waals surface area contributed by atoms with E-state index >= 15 is 0 Å². The SMILES string of the molecule is O=c1c2ccccc2c2cccc3c4cc([N+](=O)[O-])ccc4n1c23. The Balaban J connectivity index is 2.18. The number of para-hydroxylation sites is 1. The molecule has 0 bridgehead atoms. The first kappa shape index (κ1) is 13.0. The Morgan fingerprint density at radius 2 is 1.46 bits per heavy atom. The van der Waals surface area contributed by atoms with Crippen molar-refractivity contribution in [1.29, 1.82) is 0 Å². The second-order valence-electron chi connectivity index (χ2n) is 5.85. The molecule has 0 aliphatic carbocycles. The Labute approximate surface area is 134 Å². The Hall–Kier alpha value is -3.47. The predicted octanol–water partition coefficient (Wildman–Crippen LogP) is 4.11. The van der Waals surface area contributed by atoms with Crippen LogP contribution >= 0.6 is 0 Å². The molecular weight excluding hydrogens is 304 g/mol. The van der Waals surface area contributed by atoms with Gasteiger partial charge >= 0.3 is 0 Å². The molecule has 0 saturated carbocycles. The van der Waals surface area contributed by atoms with E-state index in [2.05, 4.69) is 0 Å². The molecular formula is C19H10N2O3. The van der Waals surface area contributed by atoms with Gasteiger partial charge in [0.2, 0.25) is 0 Å². The molecule has 5 heteroatoms. The molecule has 0 radical (unpaired) electrons. The van der Waals surface area contributed by atoms with Gasteiger partial charge in [-0.05, 0) is 17.5 Å². The van der Waals surface area contributed by atoms with Gasteiger partial charge in [0.25, 0.3) is 11.2 Å². The lowest BCUT2D eigenvalue weighted by Crippen LogP contribution is -2.12. The van der Waals surface area contributed by atoms with Gasteiger partial charge in [0.05, 0.1) is 16.0 Å². The van der Waals surface area contributed by atoms with Crippen LogP contribution in [0.4, 0.5) is 5.69 Å². The van der Waals surface area contributed by atoms with E-state index < -0.39 is 4.92 Å². The molecule has 2 aromatic heterocycles. The number of hydrogen-bond acceptors (Lipinski definition) is 3. The number of benzene rings is 3. The average Bonchev–Trinajstić information content (AvgIpc) is 2.94. The second-order valence-corrected chi connectivity index (χ2v) is 5.85. The molecule has 24 heavy (non-hydrogen) atoms. The highest BCUT2D eigenvalue weighted by atomic mass is 16.6. The monoisotopic (exact) mass is 314 g/mol. The van der Waals surface area contributed by atoms with Gasteiger partial charge in [0.15, 0.2) is 0 Å². The van der Waals surface area contributed by atoms with Crippen LogP contribution in [0.15, 0.2) is 65.5 Å². The fourth-order valence-electron chi connectivity index (χ4n) is 3.62. The van der Waals surface area contributed by atoms with E-state index in [4.69, 9.17) is 0 Å². The van der Waals surface area contributed by atoms with E-state index in [0.717, 1.165) is 27.1 Å². The molecule has 0 aliphatic heterocycles. The van der Waals surface area contributed by atoms with Crippen molar-refractivity contribution in [1.82, 2.24) is 4.40 Å². The summed E-state index contributed by atoms with van der Waals surface area (Å²) in [4.78, 5) is 23.7. The largest absolute Gasteiger partial charge is 0.275 e. The van der Waals surface area contributed by atoms with Crippen molar-refractivity contribution in [3.05, 3.63) is 81.1 Å². The Bertz CT molecular complexity index is 1350. The quantitative estimate of drug-likeness (QED) is 0.266. The van der Waals surface area contributed by atoms with Crippen LogP contribution < -0.4 is 5.56 Å². The van der Waals surface area contributed by atoms with Crippen molar-refractivity contribution < 1.29 is 4.92 Å². The zero-order valence-electron chi connectivity index (χ0n) is 12.4. The van der Waals surface area contributed by atoms with Crippen molar-refractivity contribution in [2.24, 2.45) is 0 Å². The van der Waals surface area contributed by atoms with E-state index in [9.17, 15) is 14.9 Å². The van der Waals surface area contributed by atoms with Crippen molar-refractivity contribution in [3.8, 4) is 0 Å². The predicted molar refractivity (Wildman–Crippen MR) is 94.0 cm³/mol. The van der Waals surface area contributed by atoms with E-state index in [1.807, 2.05) is 42.5 Å². The lowest BCUT2D eigenvalue weighted by atomic mass is 10.0. The lowest BCUT2D eigenvalue weighted by Gasteiger charge is -2.05. The first-order valence-electron chi connectivity index (χ1n) is 7.52. The molecule has 0 atom stereocenters.